The third kappa shape index (κ3) is 3.41. The monoisotopic (exact) mass is 368 g/mol. The van der Waals surface area contributed by atoms with Crippen LogP contribution in [0, 0.1) is 12.0 Å². The average molecular weight is 368 g/mol. The second-order valence-corrected chi connectivity index (χ2v) is 8.33. The Morgan fingerprint density at radius 1 is 1.19 bits per heavy atom. The Morgan fingerprint density at radius 3 is 2.67 bits per heavy atom. The number of hydrogen-bond acceptors (Lipinski definition) is 4. The number of aromatic nitrogens is 1. The summed E-state index contributed by atoms with van der Waals surface area (Å²) in [7, 11) is 0. The van der Waals surface area contributed by atoms with Crippen LogP contribution in [0.25, 0.3) is 4.85 Å². The second-order valence-electron chi connectivity index (χ2n) is 8.33. The maximum Gasteiger partial charge on any atom is 0.230 e. The number of likely N-dealkylation sites (tertiary alicyclic amines) is 1. The van der Waals surface area contributed by atoms with E-state index in [1.54, 1.807) is 18.3 Å². The number of amides is 1. The Kier molecular flexibility index (Phi) is 5.05. The zero-order chi connectivity index (χ0) is 18.9. The number of aliphatic hydroxyl groups excluding tert-OH is 1. The van der Waals surface area contributed by atoms with Gasteiger partial charge in [-0.1, -0.05) is 12.1 Å². The van der Waals surface area contributed by atoms with Crippen molar-refractivity contribution in [3.8, 4) is 0 Å². The molecule has 1 N–H and O–H groups in total. The van der Waals surface area contributed by atoms with Crippen LogP contribution < -0.4 is 4.90 Å². The molecule has 0 radical (unpaired) electrons. The number of aliphatic hydroxyl groups is 1. The van der Waals surface area contributed by atoms with Crippen LogP contribution in [0.3, 0.4) is 0 Å². The molecule has 0 aromatic carbocycles. The van der Waals surface area contributed by atoms with Crippen LogP contribution >= 0.6 is 0 Å². The molecule has 3 heterocycles. The molecule has 1 aromatic heterocycles. The van der Waals surface area contributed by atoms with Gasteiger partial charge in [0.2, 0.25) is 11.6 Å². The number of pyridine rings is 1. The largest absolute Gasteiger partial charge is 0.393 e. The molecule has 2 aliphatic heterocycles. The van der Waals surface area contributed by atoms with E-state index in [1.807, 2.05) is 0 Å². The minimum Gasteiger partial charge on any atom is -0.393 e. The lowest BCUT2D eigenvalue weighted by atomic mass is 9.72. The highest BCUT2D eigenvalue weighted by Crippen LogP contribution is 2.43. The highest BCUT2D eigenvalue weighted by molar-refractivity contribution is 5.85. The molecule has 3 fully saturated rings. The molecule has 6 nitrogen and oxygen atoms in total. The van der Waals surface area contributed by atoms with Gasteiger partial charge in [0.25, 0.3) is 0 Å². The summed E-state index contributed by atoms with van der Waals surface area (Å²) in [6, 6.07) is 3.88. The van der Waals surface area contributed by atoms with Crippen LogP contribution in [0.4, 0.5) is 11.5 Å². The molecule has 144 valence electrons. The molecule has 0 bridgehead atoms. The number of carbonyl (C=O) groups is 1. The molecule has 1 amide bonds. The van der Waals surface area contributed by atoms with Crippen LogP contribution in [-0.4, -0.2) is 52.7 Å². The predicted molar refractivity (Wildman–Crippen MR) is 104 cm³/mol. The van der Waals surface area contributed by atoms with Crippen molar-refractivity contribution in [1.29, 1.82) is 0 Å². The zero-order valence-electron chi connectivity index (χ0n) is 15.8. The summed E-state index contributed by atoms with van der Waals surface area (Å²) in [5, 5.41) is 9.80. The van der Waals surface area contributed by atoms with E-state index in [0.29, 0.717) is 18.1 Å². The van der Waals surface area contributed by atoms with Gasteiger partial charge in [-0.2, -0.15) is 0 Å². The van der Waals surface area contributed by atoms with Gasteiger partial charge in [-0.25, -0.2) is 4.85 Å². The lowest BCUT2D eigenvalue weighted by molar-refractivity contribution is -0.151. The van der Waals surface area contributed by atoms with Crippen molar-refractivity contribution in [2.24, 2.45) is 5.41 Å². The van der Waals surface area contributed by atoms with Crippen LogP contribution in [-0.2, 0) is 4.79 Å². The van der Waals surface area contributed by atoms with Crippen LogP contribution in [0.1, 0.15) is 51.4 Å². The maximum absolute atomic E-state index is 13.6. The molecule has 4 rings (SSSR count). The first-order valence-corrected chi connectivity index (χ1v) is 10.2. The van der Waals surface area contributed by atoms with Crippen molar-refractivity contribution >= 4 is 17.4 Å². The number of rotatable bonds is 2. The predicted octanol–water partition coefficient (Wildman–Crippen LogP) is 3.14. The van der Waals surface area contributed by atoms with Gasteiger partial charge in [0.05, 0.1) is 18.1 Å². The van der Waals surface area contributed by atoms with Gasteiger partial charge in [-0.15, -0.1) is 0 Å². The van der Waals surface area contributed by atoms with Gasteiger partial charge in [0, 0.05) is 31.9 Å². The van der Waals surface area contributed by atoms with Gasteiger partial charge < -0.3 is 14.9 Å². The summed E-state index contributed by atoms with van der Waals surface area (Å²) < 4.78 is 0. The summed E-state index contributed by atoms with van der Waals surface area (Å²) in [6.45, 7) is 9.78. The number of nitrogens with zero attached hydrogens (tertiary/aromatic N) is 4. The van der Waals surface area contributed by atoms with E-state index in [0.717, 1.165) is 70.3 Å². The van der Waals surface area contributed by atoms with Gasteiger partial charge in [0.15, 0.2) is 0 Å². The van der Waals surface area contributed by atoms with Crippen LogP contribution in [0.2, 0.25) is 0 Å². The lowest BCUT2D eigenvalue weighted by Crippen LogP contribution is -2.59. The van der Waals surface area contributed by atoms with E-state index in [1.165, 1.54) is 0 Å². The topological polar surface area (TPSA) is 61.0 Å². The Labute approximate surface area is 161 Å². The van der Waals surface area contributed by atoms with Crippen LogP contribution in [0.5, 0.6) is 0 Å². The van der Waals surface area contributed by atoms with E-state index >= 15 is 0 Å². The Hall–Kier alpha value is -2.13. The summed E-state index contributed by atoms with van der Waals surface area (Å²) in [6.07, 6.45) is 8.80. The summed E-state index contributed by atoms with van der Waals surface area (Å²) in [5.74, 6) is 1.01. The molecule has 3 aliphatic rings. The second kappa shape index (κ2) is 7.47. The minimum absolute atomic E-state index is 0.198. The van der Waals surface area contributed by atoms with Gasteiger partial charge in [0.1, 0.15) is 5.82 Å². The molecule has 1 aliphatic carbocycles. The molecule has 2 saturated heterocycles. The molecule has 6 heteroatoms. The third-order valence-corrected chi connectivity index (χ3v) is 6.64. The van der Waals surface area contributed by atoms with E-state index in [4.69, 9.17) is 6.57 Å². The van der Waals surface area contributed by atoms with Crippen molar-refractivity contribution in [3.63, 3.8) is 0 Å². The number of hydrogen-bond donors (Lipinski definition) is 1. The fraction of sp³-hybridized carbons (Fsp3) is 0.667. The van der Waals surface area contributed by atoms with Crippen molar-refractivity contribution in [2.75, 3.05) is 24.5 Å². The molecule has 27 heavy (non-hydrogen) atoms. The molecule has 1 atom stereocenters. The molecule has 1 unspecified atom stereocenters. The number of anilines is 1. The van der Waals surface area contributed by atoms with Gasteiger partial charge >= 0.3 is 0 Å². The van der Waals surface area contributed by atoms with E-state index < -0.39 is 0 Å². The summed E-state index contributed by atoms with van der Waals surface area (Å²) >= 11 is 0. The smallest absolute Gasteiger partial charge is 0.230 e. The van der Waals surface area contributed by atoms with Gasteiger partial charge in [-0.3, -0.25) is 9.78 Å². The SMILES string of the molecule is [C-]#[N+]c1cccnc1N1CCCC2(CCCN([C@H]3CC[C@H](O)CC3)C2=O)C1. The lowest BCUT2D eigenvalue weighted by Gasteiger charge is -2.50. The van der Waals surface area contributed by atoms with E-state index in [-0.39, 0.29) is 17.6 Å². The van der Waals surface area contributed by atoms with Crippen molar-refractivity contribution in [1.82, 2.24) is 9.88 Å². The standard InChI is InChI=1S/C21H28N4O2/c1-22-18-5-2-12-23-19(18)24-13-3-10-21(15-24)11-4-14-25(20(21)27)16-6-8-17(26)9-7-16/h2,5,12,16-17,26H,3-4,6-11,13-15H2/t16-,17-,21?. The van der Waals surface area contributed by atoms with Crippen molar-refractivity contribution < 1.29 is 9.90 Å². The average Bonchev–Trinajstić information content (AvgIpc) is 2.71. The molecule has 1 saturated carbocycles. The van der Waals surface area contributed by atoms with Crippen molar-refractivity contribution in [3.05, 3.63) is 29.7 Å². The Morgan fingerprint density at radius 2 is 1.93 bits per heavy atom. The molecular weight excluding hydrogens is 340 g/mol. The first-order chi connectivity index (χ1) is 13.1. The van der Waals surface area contributed by atoms with E-state index in [2.05, 4.69) is 19.6 Å². The normalized spacial score (nSPS) is 31.8. The Balaban J connectivity index is 1.55. The first-order valence-electron chi connectivity index (χ1n) is 10.2. The van der Waals surface area contributed by atoms with E-state index in [9.17, 15) is 9.90 Å². The number of carbonyl (C=O) groups excluding carboxylic acids is 1. The zero-order valence-corrected chi connectivity index (χ0v) is 15.8. The fourth-order valence-electron chi connectivity index (χ4n) is 5.23. The number of piperidine rings is 2. The third-order valence-electron chi connectivity index (χ3n) is 6.64. The molecule has 1 spiro atoms. The summed E-state index contributed by atoms with van der Waals surface area (Å²) in [4.78, 5) is 25.9. The highest BCUT2D eigenvalue weighted by atomic mass is 16.3. The van der Waals surface area contributed by atoms with Crippen LogP contribution in [0.15, 0.2) is 18.3 Å². The molecule has 1 aromatic rings. The quantitative estimate of drug-likeness (QED) is 0.815. The first kappa shape index (κ1) is 18.2. The van der Waals surface area contributed by atoms with Gasteiger partial charge in [-0.05, 0) is 51.4 Å². The Bertz CT molecular complexity index is 734. The highest BCUT2D eigenvalue weighted by Gasteiger charge is 2.48. The summed E-state index contributed by atoms with van der Waals surface area (Å²) in [5.41, 5.74) is 0.222. The maximum atomic E-state index is 13.6. The fourth-order valence-corrected chi connectivity index (χ4v) is 5.23. The van der Waals surface area contributed by atoms with Crippen molar-refractivity contribution in [2.45, 2.75) is 63.5 Å². The molecular formula is C21H28N4O2. The minimum atomic E-state index is -0.344.